The highest BCUT2D eigenvalue weighted by molar-refractivity contribution is 6.36. The number of aromatic nitrogens is 1. The average Bonchev–Trinajstić information content (AvgIpc) is 2.65. The molecular formula is C19H19Cl2N3O2. The van der Waals surface area contributed by atoms with Gasteiger partial charge in [0.1, 0.15) is 0 Å². The number of carbonyl (C=O) groups excluding carboxylic acids is 2. The second kappa shape index (κ2) is 8.52. The zero-order valence-electron chi connectivity index (χ0n) is 14.1. The van der Waals surface area contributed by atoms with Gasteiger partial charge < -0.3 is 10.2 Å². The predicted octanol–water partition coefficient (Wildman–Crippen LogP) is 3.81. The van der Waals surface area contributed by atoms with Gasteiger partial charge in [0.2, 0.25) is 11.8 Å². The van der Waals surface area contributed by atoms with E-state index in [-0.39, 0.29) is 24.2 Å². The number of anilines is 1. The Morgan fingerprint density at radius 3 is 2.31 bits per heavy atom. The molecule has 7 heteroatoms. The molecule has 3 rings (SSSR count). The maximum atomic E-state index is 12.5. The molecular weight excluding hydrogens is 373 g/mol. The van der Waals surface area contributed by atoms with Gasteiger partial charge in [-0.1, -0.05) is 29.3 Å². The van der Waals surface area contributed by atoms with Crippen LogP contribution in [0.1, 0.15) is 18.4 Å². The number of pyridine rings is 1. The molecule has 0 unspecified atom stereocenters. The van der Waals surface area contributed by atoms with Crippen molar-refractivity contribution in [2.24, 2.45) is 5.92 Å². The van der Waals surface area contributed by atoms with E-state index in [1.54, 1.807) is 47.6 Å². The predicted molar refractivity (Wildman–Crippen MR) is 102 cm³/mol. The summed E-state index contributed by atoms with van der Waals surface area (Å²) in [4.78, 5) is 30.6. The molecule has 5 nitrogen and oxygen atoms in total. The number of piperidine rings is 1. The Hall–Kier alpha value is -2.11. The molecule has 1 aromatic heterocycles. The maximum Gasteiger partial charge on any atom is 0.227 e. The Morgan fingerprint density at radius 1 is 1.08 bits per heavy atom. The normalized spacial score (nSPS) is 14.9. The topological polar surface area (TPSA) is 62.3 Å². The van der Waals surface area contributed by atoms with Crippen LogP contribution in [0.25, 0.3) is 0 Å². The standard InChI is InChI=1S/C19H19Cl2N3O2/c20-16-2-1-3-17(21)15(16)12-18(25)24-10-6-13(7-11-24)19(26)23-14-4-8-22-9-5-14/h1-5,8-9,13H,6-7,10-12H2,(H,22,23,26). The minimum absolute atomic E-state index is 0.0163. The maximum absolute atomic E-state index is 12.5. The number of likely N-dealkylation sites (tertiary alicyclic amines) is 1. The average molecular weight is 392 g/mol. The fraction of sp³-hybridized carbons (Fsp3) is 0.316. The van der Waals surface area contributed by atoms with Crippen LogP contribution in [-0.2, 0) is 16.0 Å². The lowest BCUT2D eigenvalue weighted by molar-refractivity contribution is -0.133. The van der Waals surface area contributed by atoms with E-state index in [2.05, 4.69) is 10.3 Å². The van der Waals surface area contributed by atoms with Crippen molar-refractivity contribution in [3.63, 3.8) is 0 Å². The zero-order chi connectivity index (χ0) is 18.5. The molecule has 0 radical (unpaired) electrons. The van der Waals surface area contributed by atoms with E-state index in [1.165, 1.54) is 0 Å². The molecule has 1 fully saturated rings. The lowest BCUT2D eigenvalue weighted by atomic mass is 9.95. The Bertz CT molecular complexity index is 770. The van der Waals surface area contributed by atoms with Gasteiger partial charge in [0.05, 0.1) is 6.42 Å². The van der Waals surface area contributed by atoms with Crippen LogP contribution in [-0.4, -0.2) is 34.8 Å². The van der Waals surface area contributed by atoms with E-state index in [4.69, 9.17) is 23.2 Å². The molecule has 0 bridgehead atoms. The van der Waals surface area contributed by atoms with Gasteiger partial charge in [-0.15, -0.1) is 0 Å². The van der Waals surface area contributed by atoms with E-state index in [9.17, 15) is 9.59 Å². The first kappa shape index (κ1) is 18.7. The third-order valence-electron chi connectivity index (χ3n) is 4.56. The third kappa shape index (κ3) is 4.54. The third-order valence-corrected chi connectivity index (χ3v) is 5.26. The number of hydrogen-bond acceptors (Lipinski definition) is 3. The van der Waals surface area contributed by atoms with Crippen molar-refractivity contribution >= 4 is 40.7 Å². The summed E-state index contributed by atoms with van der Waals surface area (Å²) in [6.45, 7) is 1.10. The van der Waals surface area contributed by atoms with Crippen LogP contribution < -0.4 is 5.32 Å². The van der Waals surface area contributed by atoms with Crippen molar-refractivity contribution in [1.29, 1.82) is 0 Å². The largest absolute Gasteiger partial charge is 0.342 e. The molecule has 2 aromatic rings. The lowest BCUT2D eigenvalue weighted by Crippen LogP contribution is -2.42. The first-order chi connectivity index (χ1) is 12.5. The number of rotatable bonds is 4. The number of halogens is 2. The number of carbonyl (C=O) groups is 2. The fourth-order valence-electron chi connectivity index (χ4n) is 3.03. The van der Waals surface area contributed by atoms with Crippen LogP contribution in [0.2, 0.25) is 10.0 Å². The highest BCUT2D eigenvalue weighted by atomic mass is 35.5. The van der Waals surface area contributed by atoms with Crippen molar-refractivity contribution in [1.82, 2.24) is 9.88 Å². The van der Waals surface area contributed by atoms with Crippen LogP contribution in [0.3, 0.4) is 0 Å². The summed E-state index contributed by atoms with van der Waals surface area (Å²) in [5.74, 6) is -0.137. The van der Waals surface area contributed by atoms with Crippen LogP contribution in [0.4, 0.5) is 5.69 Å². The van der Waals surface area contributed by atoms with Crippen LogP contribution in [0.15, 0.2) is 42.7 Å². The molecule has 0 atom stereocenters. The van der Waals surface area contributed by atoms with Crippen molar-refractivity contribution in [3.05, 3.63) is 58.3 Å². The van der Waals surface area contributed by atoms with E-state index in [1.807, 2.05) is 0 Å². The van der Waals surface area contributed by atoms with Gasteiger partial charge >= 0.3 is 0 Å². The second-order valence-corrected chi connectivity index (χ2v) is 7.07. The number of benzene rings is 1. The van der Waals surface area contributed by atoms with E-state index in [0.29, 0.717) is 41.5 Å². The van der Waals surface area contributed by atoms with E-state index < -0.39 is 0 Å². The Labute approximate surface area is 162 Å². The van der Waals surface area contributed by atoms with Crippen LogP contribution >= 0.6 is 23.2 Å². The highest BCUT2D eigenvalue weighted by Crippen LogP contribution is 2.26. The van der Waals surface area contributed by atoms with Crippen molar-refractivity contribution in [2.45, 2.75) is 19.3 Å². The monoisotopic (exact) mass is 391 g/mol. The van der Waals surface area contributed by atoms with Gasteiger partial charge in [0, 0.05) is 47.1 Å². The minimum Gasteiger partial charge on any atom is -0.342 e. The minimum atomic E-state index is -0.101. The lowest BCUT2D eigenvalue weighted by Gasteiger charge is -2.31. The molecule has 2 amide bonds. The Balaban J connectivity index is 1.53. The highest BCUT2D eigenvalue weighted by Gasteiger charge is 2.27. The Morgan fingerprint density at radius 2 is 1.69 bits per heavy atom. The molecule has 1 saturated heterocycles. The van der Waals surface area contributed by atoms with Crippen molar-refractivity contribution in [2.75, 3.05) is 18.4 Å². The molecule has 1 aliphatic rings. The molecule has 136 valence electrons. The van der Waals surface area contributed by atoms with Crippen molar-refractivity contribution < 1.29 is 9.59 Å². The number of nitrogens with one attached hydrogen (secondary N) is 1. The van der Waals surface area contributed by atoms with Gasteiger partial charge in [-0.25, -0.2) is 0 Å². The zero-order valence-corrected chi connectivity index (χ0v) is 15.6. The first-order valence-corrected chi connectivity index (χ1v) is 9.21. The molecule has 0 spiro atoms. The molecule has 0 saturated carbocycles. The quantitative estimate of drug-likeness (QED) is 0.861. The van der Waals surface area contributed by atoms with E-state index >= 15 is 0 Å². The summed E-state index contributed by atoms with van der Waals surface area (Å²) in [6, 6.07) is 8.72. The first-order valence-electron chi connectivity index (χ1n) is 8.46. The van der Waals surface area contributed by atoms with Crippen molar-refractivity contribution in [3.8, 4) is 0 Å². The van der Waals surface area contributed by atoms with Crippen LogP contribution in [0.5, 0.6) is 0 Å². The SMILES string of the molecule is O=C(Nc1ccncc1)C1CCN(C(=O)Cc2c(Cl)cccc2Cl)CC1. The van der Waals surface area contributed by atoms with Gasteiger partial charge in [0.25, 0.3) is 0 Å². The van der Waals surface area contributed by atoms with Gasteiger partial charge in [-0.2, -0.15) is 0 Å². The summed E-state index contributed by atoms with van der Waals surface area (Å²) < 4.78 is 0. The summed E-state index contributed by atoms with van der Waals surface area (Å²) in [7, 11) is 0. The molecule has 1 N–H and O–H groups in total. The summed E-state index contributed by atoms with van der Waals surface area (Å²) in [6.07, 6.45) is 4.72. The van der Waals surface area contributed by atoms with Crippen LogP contribution in [0, 0.1) is 5.92 Å². The van der Waals surface area contributed by atoms with Gasteiger partial charge in [-0.05, 0) is 42.7 Å². The number of nitrogens with zero attached hydrogens (tertiary/aromatic N) is 2. The summed E-state index contributed by atoms with van der Waals surface area (Å²) in [5.41, 5.74) is 1.38. The summed E-state index contributed by atoms with van der Waals surface area (Å²) in [5, 5.41) is 3.89. The molecule has 1 aliphatic heterocycles. The molecule has 0 aliphatic carbocycles. The smallest absolute Gasteiger partial charge is 0.227 e. The Kier molecular flexibility index (Phi) is 6.12. The van der Waals surface area contributed by atoms with Gasteiger partial charge in [0.15, 0.2) is 0 Å². The number of amides is 2. The second-order valence-electron chi connectivity index (χ2n) is 6.26. The summed E-state index contributed by atoms with van der Waals surface area (Å²) >= 11 is 12.3. The molecule has 2 heterocycles. The fourth-order valence-corrected chi connectivity index (χ4v) is 3.57. The molecule has 1 aromatic carbocycles. The van der Waals surface area contributed by atoms with E-state index in [0.717, 1.165) is 5.69 Å². The molecule has 26 heavy (non-hydrogen) atoms. The van der Waals surface area contributed by atoms with Gasteiger partial charge in [-0.3, -0.25) is 14.6 Å². The number of hydrogen-bond donors (Lipinski definition) is 1.